The van der Waals surface area contributed by atoms with Crippen LogP contribution in [0.2, 0.25) is 0 Å². The number of aromatic nitrogens is 2. The van der Waals surface area contributed by atoms with Gasteiger partial charge < -0.3 is 5.32 Å². The van der Waals surface area contributed by atoms with Crippen molar-refractivity contribution in [2.75, 3.05) is 5.32 Å². The minimum Gasteiger partial charge on any atom is -0.324 e. The fourth-order valence-corrected chi connectivity index (χ4v) is 3.78. The van der Waals surface area contributed by atoms with Crippen LogP contribution < -0.4 is 10.9 Å². The number of hydrogen-bond donors (Lipinski definition) is 1. The van der Waals surface area contributed by atoms with E-state index in [4.69, 9.17) is 0 Å². The lowest BCUT2D eigenvalue weighted by Crippen LogP contribution is -2.33. The standard InChI is InChI=1S/C19H21N3O2S/c1-5-14-6-8-15(9-7-14)21-17(23)12(3)22-13(4)20-18-16(19(22)24)10-11(2)25-18/h6-10,12H,5H2,1-4H3,(H,21,23). The van der Waals surface area contributed by atoms with E-state index in [2.05, 4.69) is 17.2 Å². The van der Waals surface area contributed by atoms with Crippen molar-refractivity contribution in [2.24, 2.45) is 0 Å². The van der Waals surface area contributed by atoms with Crippen molar-refractivity contribution in [3.8, 4) is 0 Å². The summed E-state index contributed by atoms with van der Waals surface area (Å²) in [6.07, 6.45) is 0.949. The maximum Gasteiger partial charge on any atom is 0.263 e. The van der Waals surface area contributed by atoms with Gasteiger partial charge in [-0.2, -0.15) is 0 Å². The predicted octanol–water partition coefficient (Wildman–Crippen LogP) is 3.84. The normalized spacial score (nSPS) is 12.3. The Morgan fingerprint density at radius 2 is 1.96 bits per heavy atom. The lowest BCUT2D eigenvalue weighted by atomic mass is 10.1. The van der Waals surface area contributed by atoms with Gasteiger partial charge in [0.15, 0.2) is 0 Å². The van der Waals surface area contributed by atoms with Crippen molar-refractivity contribution in [3.05, 3.63) is 57.0 Å². The Hall–Kier alpha value is -2.47. The average molecular weight is 355 g/mol. The first kappa shape index (κ1) is 17.4. The third-order valence-electron chi connectivity index (χ3n) is 4.29. The van der Waals surface area contributed by atoms with E-state index in [1.165, 1.54) is 21.5 Å². The SMILES string of the molecule is CCc1ccc(NC(=O)C(C)n2c(C)nc3sc(C)cc3c2=O)cc1. The number of benzene rings is 1. The lowest BCUT2D eigenvalue weighted by molar-refractivity contribution is -0.118. The molecular weight excluding hydrogens is 334 g/mol. The molecule has 1 atom stereocenters. The van der Waals surface area contributed by atoms with Crippen LogP contribution in [0.4, 0.5) is 5.69 Å². The number of thiophene rings is 1. The Labute approximate surface area is 150 Å². The molecule has 5 nitrogen and oxygen atoms in total. The van der Waals surface area contributed by atoms with Crippen LogP contribution in [0.5, 0.6) is 0 Å². The van der Waals surface area contributed by atoms with Crippen LogP contribution in [0.15, 0.2) is 35.1 Å². The van der Waals surface area contributed by atoms with Gasteiger partial charge in [-0.3, -0.25) is 14.2 Å². The van der Waals surface area contributed by atoms with E-state index < -0.39 is 6.04 Å². The Balaban J connectivity index is 1.91. The highest BCUT2D eigenvalue weighted by molar-refractivity contribution is 7.18. The summed E-state index contributed by atoms with van der Waals surface area (Å²) in [4.78, 5) is 31.7. The smallest absolute Gasteiger partial charge is 0.263 e. The van der Waals surface area contributed by atoms with E-state index in [-0.39, 0.29) is 11.5 Å². The molecule has 0 aliphatic rings. The topological polar surface area (TPSA) is 64.0 Å². The summed E-state index contributed by atoms with van der Waals surface area (Å²) in [7, 11) is 0. The van der Waals surface area contributed by atoms with Gasteiger partial charge in [0.25, 0.3) is 5.56 Å². The summed E-state index contributed by atoms with van der Waals surface area (Å²) in [5, 5.41) is 3.44. The summed E-state index contributed by atoms with van der Waals surface area (Å²) in [5.74, 6) is 0.311. The number of hydrogen-bond acceptors (Lipinski definition) is 4. The summed E-state index contributed by atoms with van der Waals surface area (Å²) < 4.78 is 1.46. The molecule has 3 aromatic rings. The first-order valence-electron chi connectivity index (χ1n) is 8.29. The Morgan fingerprint density at radius 3 is 2.60 bits per heavy atom. The summed E-state index contributed by atoms with van der Waals surface area (Å²) in [6.45, 7) is 7.51. The van der Waals surface area contributed by atoms with Gasteiger partial charge in [0.05, 0.1) is 5.39 Å². The van der Waals surface area contributed by atoms with Crippen LogP contribution in [0, 0.1) is 13.8 Å². The van der Waals surface area contributed by atoms with Crippen LogP contribution in [0.25, 0.3) is 10.2 Å². The van der Waals surface area contributed by atoms with E-state index in [9.17, 15) is 9.59 Å². The average Bonchev–Trinajstić information content (AvgIpc) is 2.96. The molecule has 2 heterocycles. The van der Waals surface area contributed by atoms with Gasteiger partial charge >= 0.3 is 0 Å². The third kappa shape index (κ3) is 3.35. The molecule has 25 heavy (non-hydrogen) atoms. The molecule has 0 spiro atoms. The van der Waals surface area contributed by atoms with Crippen LogP contribution in [-0.2, 0) is 11.2 Å². The zero-order valence-electron chi connectivity index (χ0n) is 14.8. The molecule has 130 valence electrons. The zero-order valence-corrected chi connectivity index (χ0v) is 15.6. The quantitative estimate of drug-likeness (QED) is 0.773. The number of carbonyl (C=O) groups excluding carboxylic acids is 1. The molecule has 0 aliphatic heterocycles. The molecule has 2 aromatic heterocycles. The second-order valence-corrected chi connectivity index (χ2v) is 7.36. The Bertz CT molecular complexity index is 986. The minimum absolute atomic E-state index is 0.171. The molecule has 0 saturated heterocycles. The van der Waals surface area contributed by atoms with E-state index in [0.717, 1.165) is 21.8 Å². The number of fused-ring (bicyclic) bond motifs is 1. The number of anilines is 1. The fourth-order valence-electron chi connectivity index (χ4n) is 2.86. The third-order valence-corrected chi connectivity index (χ3v) is 5.24. The maximum atomic E-state index is 12.8. The largest absolute Gasteiger partial charge is 0.324 e. The lowest BCUT2D eigenvalue weighted by Gasteiger charge is -2.17. The fraction of sp³-hybridized carbons (Fsp3) is 0.316. The van der Waals surface area contributed by atoms with Gasteiger partial charge in [-0.05, 0) is 51.0 Å². The Morgan fingerprint density at radius 1 is 1.28 bits per heavy atom. The van der Waals surface area contributed by atoms with Gasteiger partial charge in [0.2, 0.25) is 5.91 Å². The monoisotopic (exact) mass is 355 g/mol. The number of nitrogens with one attached hydrogen (secondary N) is 1. The van der Waals surface area contributed by atoms with Gasteiger partial charge in [-0.15, -0.1) is 11.3 Å². The molecule has 0 radical (unpaired) electrons. The molecule has 1 unspecified atom stereocenters. The second-order valence-electron chi connectivity index (χ2n) is 6.13. The van der Waals surface area contributed by atoms with E-state index in [1.807, 2.05) is 37.3 Å². The minimum atomic E-state index is -0.643. The molecule has 6 heteroatoms. The van der Waals surface area contributed by atoms with Crippen LogP contribution in [-0.4, -0.2) is 15.5 Å². The zero-order chi connectivity index (χ0) is 18.1. The van der Waals surface area contributed by atoms with Crippen molar-refractivity contribution in [2.45, 2.75) is 40.2 Å². The molecule has 1 aromatic carbocycles. The van der Waals surface area contributed by atoms with E-state index >= 15 is 0 Å². The molecule has 0 bridgehead atoms. The molecule has 1 N–H and O–H groups in total. The number of carbonyl (C=O) groups is 1. The van der Waals surface area contributed by atoms with Gasteiger partial charge in [0.1, 0.15) is 16.7 Å². The van der Waals surface area contributed by atoms with Crippen molar-refractivity contribution < 1.29 is 4.79 Å². The van der Waals surface area contributed by atoms with Crippen LogP contribution in [0.3, 0.4) is 0 Å². The van der Waals surface area contributed by atoms with E-state index in [0.29, 0.717) is 11.2 Å². The highest BCUT2D eigenvalue weighted by Gasteiger charge is 2.21. The molecule has 0 aliphatic carbocycles. The summed E-state index contributed by atoms with van der Waals surface area (Å²) in [5.41, 5.74) is 1.76. The summed E-state index contributed by atoms with van der Waals surface area (Å²) >= 11 is 1.49. The number of nitrogens with zero attached hydrogens (tertiary/aromatic N) is 2. The molecule has 3 rings (SSSR count). The van der Waals surface area contributed by atoms with Gasteiger partial charge in [-0.1, -0.05) is 19.1 Å². The number of amides is 1. The van der Waals surface area contributed by atoms with Crippen molar-refractivity contribution in [1.82, 2.24) is 9.55 Å². The van der Waals surface area contributed by atoms with Crippen molar-refractivity contribution in [3.63, 3.8) is 0 Å². The Kier molecular flexibility index (Phi) is 4.72. The first-order valence-corrected chi connectivity index (χ1v) is 9.11. The molecule has 0 fully saturated rings. The number of aryl methyl sites for hydroxylation is 3. The van der Waals surface area contributed by atoms with Crippen LogP contribution >= 0.6 is 11.3 Å². The van der Waals surface area contributed by atoms with Gasteiger partial charge in [-0.25, -0.2) is 4.98 Å². The molecule has 0 saturated carbocycles. The maximum absolute atomic E-state index is 12.8. The highest BCUT2D eigenvalue weighted by Crippen LogP contribution is 2.22. The predicted molar refractivity (Wildman–Crippen MR) is 103 cm³/mol. The molecular formula is C19H21N3O2S. The highest BCUT2D eigenvalue weighted by atomic mass is 32.1. The van der Waals surface area contributed by atoms with Crippen molar-refractivity contribution >= 4 is 33.1 Å². The first-order chi connectivity index (χ1) is 11.9. The summed E-state index contributed by atoms with van der Waals surface area (Å²) in [6, 6.07) is 8.92. The second kappa shape index (κ2) is 6.80. The molecule has 1 amide bonds. The van der Waals surface area contributed by atoms with Crippen molar-refractivity contribution in [1.29, 1.82) is 0 Å². The van der Waals surface area contributed by atoms with Gasteiger partial charge in [0, 0.05) is 10.6 Å². The van der Waals surface area contributed by atoms with E-state index in [1.54, 1.807) is 13.8 Å². The number of rotatable bonds is 4. The van der Waals surface area contributed by atoms with Crippen LogP contribution in [0.1, 0.15) is 36.2 Å².